The maximum Gasteiger partial charge on any atom is 0.237 e. The summed E-state index contributed by atoms with van der Waals surface area (Å²) in [6.45, 7) is 2.24. The molecule has 1 aromatic carbocycles. The standard InChI is InChI=1S/C22H35N3O2/c1-2-3-4-5-6-7-8-9-10-11-12-17-13-21(26)25(22(17)27)20-15-18(23)14-19(24)16-20/h14-17H,2-13,23-24H2,1H3. The van der Waals surface area contributed by atoms with E-state index in [-0.39, 0.29) is 17.7 Å². The van der Waals surface area contributed by atoms with Crippen LogP contribution in [-0.4, -0.2) is 11.8 Å². The Balaban J connectivity index is 1.68. The van der Waals surface area contributed by atoms with Crippen molar-refractivity contribution in [2.24, 2.45) is 5.92 Å². The zero-order valence-corrected chi connectivity index (χ0v) is 16.7. The molecule has 0 bridgehead atoms. The molecule has 1 aromatic rings. The summed E-state index contributed by atoms with van der Waals surface area (Å²) in [5.41, 5.74) is 13.0. The third kappa shape index (κ3) is 6.56. The van der Waals surface area contributed by atoms with Gasteiger partial charge in [0.15, 0.2) is 0 Å². The summed E-state index contributed by atoms with van der Waals surface area (Å²) in [7, 11) is 0. The Morgan fingerprint density at radius 2 is 1.37 bits per heavy atom. The first-order chi connectivity index (χ1) is 13.0. The van der Waals surface area contributed by atoms with Crippen LogP contribution in [0.25, 0.3) is 0 Å². The van der Waals surface area contributed by atoms with Crippen LogP contribution in [0.3, 0.4) is 0 Å². The Hall–Kier alpha value is -2.04. The van der Waals surface area contributed by atoms with Crippen molar-refractivity contribution in [1.82, 2.24) is 0 Å². The lowest BCUT2D eigenvalue weighted by molar-refractivity contribution is -0.122. The van der Waals surface area contributed by atoms with E-state index >= 15 is 0 Å². The van der Waals surface area contributed by atoms with Crippen molar-refractivity contribution in [3.63, 3.8) is 0 Å². The van der Waals surface area contributed by atoms with Gasteiger partial charge in [-0.25, -0.2) is 0 Å². The average molecular weight is 374 g/mol. The summed E-state index contributed by atoms with van der Waals surface area (Å²) in [6, 6.07) is 4.89. The van der Waals surface area contributed by atoms with Gasteiger partial charge in [-0.3, -0.25) is 14.5 Å². The minimum atomic E-state index is -0.200. The van der Waals surface area contributed by atoms with Gasteiger partial charge in [0.1, 0.15) is 0 Å². The van der Waals surface area contributed by atoms with Gasteiger partial charge in [-0.15, -0.1) is 0 Å². The van der Waals surface area contributed by atoms with Crippen LogP contribution in [0.1, 0.15) is 84.0 Å². The van der Waals surface area contributed by atoms with Crippen molar-refractivity contribution in [2.45, 2.75) is 84.0 Å². The molecule has 5 nitrogen and oxygen atoms in total. The second kappa shape index (κ2) is 11.0. The van der Waals surface area contributed by atoms with E-state index in [9.17, 15) is 9.59 Å². The molecule has 1 unspecified atom stereocenters. The predicted octanol–water partition coefficient (Wildman–Crippen LogP) is 5.04. The van der Waals surface area contributed by atoms with Gasteiger partial charge in [-0.1, -0.05) is 71.1 Å². The van der Waals surface area contributed by atoms with Gasteiger partial charge >= 0.3 is 0 Å². The molecule has 1 heterocycles. The largest absolute Gasteiger partial charge is 0.399 e. The van der Waals surface area contributed by atoms with Crippen molar-refractivity contribution >= 4 is 28.9 Å². The molecule has 150 valence electrons. The lowest BCUT2D eigenvalue weighted by Crippen LogP contribution is -2.30. The van der Waals surface area contributed by atoms with E-state index in [0.717, 1.165) is 19.3 Å². The Kier molecular flexibility index (Phi) is 8.62. The highest BCUT2D eigenvalue weighted by molar-refractivity contribution is 6.21. The monoisotopic (exact) mass is 373 g/mol. The molecule has 1 atom stereocenters. The fourth-order valence-corrected chi connectivity index (χ4v) is 3.86. The summed E-state index contributed by atoms with van der Waals surface area (Å²) in [6.07, 6.45) is 13.8. The van der Waals surface area contributed by atoms with E-state index in [0.29, 0.717) is 23.5 Å². The Morgan fingerprint density at radius 1 is 0.852 bits per heavy atom. The normalized spacial score (nSPS) is 17.1. The Morgan fingerprint density at radius 3 is 1.93 bits per heavy atom. The molecular formula is C22H35N3O2. The molecule has 5 heteroatoms. The first-order valence-electron chi connectivity index (χ1n) is 10.6. The summed E-state index contributed by atoms with van der Waals surface area (Å²) in [4.78, 5) is 26.2. The summed E-state index contributed by atoms with van der Waals surface area (Å²) >= 11 is 0. The summed E-state index contributed by atoms with van der Waals surface area (Å²) < 4.78 is 0. The fraction of sp³-hybridized carbons (Fsp3) is 0.636. The Bertz CT molecular complexity index is 610. The number of hydrogen-bond donors (Lipinski definition) is 2. The first kappa shape index (κ1) is 21.3. The number of anilines is 3. The molecule has 0 saturated carbocycles. The van der Waals surface area contributed by atoms with E-state index < -0.39 is 0 Å². The lowest BCUT2D eigenvalue weighted by Gasteiger charge is -2.16. The molecular weight excluding hydrogens is 338 g/mol. The van der Waals surface area contributed by atoms with Crippen molar-refractivity contribution in [3.8, 4) is 0 Å². The second-order valence-electron chi connectivity index (χ2n) is 7.80. The maximum absolute atomic E-state index is 12.7. The molecule has 0 aliphatic carbocycles. The van der Waals surface area contributed by atoms with Gasteiger partial charge < -0.3 is 11.5 Å². The highest BCUT2D eigenvalue weighted by atomic mass is 16.2. The van der Waals surface area contributed by atoms with Crippen LogP contribution in [0, 0.1) is 5.92 Å². The molecule has 1 aliphatic heterocycles. The van der Waals surface area contributed by atoms with Gasteiger partial charge in [0.2, 0.25) is 11.8 Å². The number of carbonyl (C=O) groups excluding carboxylic acids is 2. The van der Waals surface area contributed by atoms with E-state index in [1.807, 2.05) is 0 Å². The highest BCUT2D eigenvalue weighted by Gasteiger charge is 2.39. The van der Waals surface area contributed by atoms with Gasteiger partial charge in [-0.2, -0.15) is 0 Å². The van der Waals surface area contributed by atoms with Crippen LogP contribution in [0.2, 0.25) is 0 Å². The van der Waals surface area contributed by atoms with Crippen LogP contribution < -0.4 is 16.4 Å². The number of nitrogens with zero attached hydrogens (tertiary/aromatic N) is 1. The summed E-state index contributed by atoms with van der Waals surface area (Å²) in [5, 5.41) is 0. The van der Waals surface area contributed by atoms with Gasteiger partial charge in [-0.05, 0) is 24.6 Å². The van der Waals surface area contributed by atoms with Crippen LogP contribution >= 0.6 is 0 Å². The molecule has 1 saturated heterocycles. The number of unbranched alkanes of at least 4 members (excludes halogenated alkanes) is 9. The minimum Gasteiger partial charge on any atom is -0.399 e. The molecule has 2 amide bonds. The zero-order chi connectivity index (χ0) is 19.6. The predicted molar refractivity (Wildman–Crippen MR) is 112 cm³/mol. The number of imide groups is 1. The minimum absolute atomic E-state index is 0.110. The van der Waals surface area contributed by atoms with Crippen molar-refractivity contribution < 1.29 is 9.59 Å². The number of rotatable bonds is 12. The van der Waals surface area contributed by atoms with Crippen LogP contribution in [-0.2, 0) is 9.59 Å². The van der Waals surface area contributed by atoms with E-state index in [2.05, 4.69) is 6.92 Å². The fourth-order valence-electron chi connectivity index (χ4n) is 3.86. The number of benzene rings is 1. The van der Waals surface area contributed by atoms with Crippen molar-refractivity contribution in [2.75, 3.05) is 16.4 Å². The molecule has 2 rings (SSSR count). The average Bonchev–Trinajstić information content (AvgIpc) is 2.89. The second-order valence-corrected chi connectivity index (χ2v) is 7.80. The number of nitrogen functional groups attached to an aromatic ring is 2. The quantitative estimate of drug-likeness (QED) is 0.305. The molecule has 0 aromatic heterocycles. The highest BCUT2D eigenvalue weighted by Crippen LogP contribution is 2.32. The SMILES string of the molecule is CCCCCCCCCCCCC1CC(=O)N(c2cc(N)cc(N)c2)C1=O. The topological polar surface area (TPSA) is 89.4 Å². The lowest BCUT2D eigenvalue weighted by atomic mass is 9.98. The molecule has 0 spiro atoms. The zero-order valence-electron chi connectivity index (χ0n) is 16.7. The molecule has 0 radical (unpaired) electrons. The molecule has 1 aliphatic rings. The third-order valence-corrected chi connectivity index (χ3v) is 5.37. The number of hydrogen-bond acceptors (Lipinski definition) is 4. The van der Waals surface area contributed by atoms with E-state index in [4.69, 9.17) is 11.5 Å². The molecule has 27 heavy (non-hydrogen) atoms. The number of amides is 2. The maximum atomic E-state index is 12.7. The molecule has 4 N–H and O–H groups in total. The van der Waals surface area contributed by atoms with Crippen LogP contribution in [0.4, 0.5) is 17.1 Å². The van der Waals surface area contributed by atoms with E-state index in [1.54, 1.807) is 18.2 Å². The van der Waals surface area contributed by atoms with Crippen molar-refractivity contribution in [3.05, 3.63) is 18.2 Å². The number of carbonyl (C=O) groups is 2. The summed E-state index contributed by atoms with van der Waals surface area (Å²) in [5.74, 6) is -0.461. The van der Waals surface area contributed by atoms with Crippen molar-refractivity contribution in [1.29, 1.82) is 0 Å². The van der Waals surface area contributed by atoms with Gasteiger partial charge in [0.25, 0.3) is 0 Å². The van der Waals surface area contributed by atoms with E-state index in [1.165, 1.54) is 56.3 Å². The third-order valence-electron chi connectivity index (χ3n) is 5.37. The van der Waals surface area contributed by atoms with Gasteiger partial charge in [0, 0.05) is 23.7 Å². The van der Waals surface area contributed by atoms with Crippen LogP contribution in [0.5, 0.6) is 0 Å². The smallest absolute Gasteiger partial charge is 0.237 e. The van der Waals surface area contributed by atoms with Crippen LogP contribution in [0.15, 0.2) is 18.2 Å². The Labute approximate surface area is 163 Å². The van der Waals surface area contributed by atoms with Gasteiger partial charge in [0.05, 0.1) is 5.69 Å². The first-order valence-corrected chi connectivity index (χ1v) is 10.6. The molecule has 1 fully saturated rings. The number of nitrogens with two attached hydrogens (primary N) is 2.